The molecule has 1 heterocycles. The third kappa shape index (κ3) is 4.25. The van der Waals surface area contributed by atoms with Gasteiger partial charge in [0.1, 0.15) is 11.5 Å². The Bertz CT molecular complexity index is 617. The average molecular weight is 299 g/mol. The molecule has 0 bridgehead atoms. The second-order valence-electron chi connectivity index (χ2n) is 5.05. The first kappa shape index (κ1) is 15.9. The van der Waals surface area contributed by atoms with Crippen molar-refractivity contribution in [1.82, 2.24) is 15.4 Å². The van der Waals surface area contributed by atoms with Crippen molar-refractivity contribution in [3.05, 3.63) is 35.8 Å². The molecule has 1 aliphatic rings. The van der Waals surface area contributed by atoms with Crippen molar-refractivity contribution < 1.29 is 4.79 Å². The highest BCUT2D eigenvalue weighted by Gasteiger charge is 2.29. The van der Waals surface area contributed by atoms with Crippen LogP contribution >= 0.6 is 0 Å². The van der Waals surface area contributed by atoms with Gasteiger partial charge in [-0.1, -0.05) is 19.1 Å². The van der Waals surface area contributed by atoms with Crippen molar-refractivity contribution in [1.29, 1.82) is 0 Å². The zero-order chi connectivity index (χ0) is 15.9. The van der Waals surface area contributed by atoms with E-state index in [2.05, 4.69) is 32.5 Å². The third-order valence-corrected chi connectivity index (χ3v) is 3.25. The molecule has 0 saturated heterocycles. The van der Waals surface area contributed by atoms with E-state index in [1.807, 2.05) is 32.1 Å². The smallest absolute Gasteiger partial charge is 0.241 e. The van der Waals surface area contributed by atoms with Crippen molar-refractivity contribution >= 4 is 24.1 Å². The number of anilines is 1. The Kier molecular flexibility index (Phi) is 5.41. The SMILES string of the molecule is C=N/C(=C\C=C/C)c1nc(CC)cc(NNC(=O)C2CC2)n1. The second-order valence-corrected chi connectivity index (χ2v) is 5.05. The number of hydrazine groups is 1. The minimum absolute atomic E-state index is 0.00439. The summed E-state index contributed by atoms with van der Waals surface area (Å²) in [7, 11) is 0. The number of aliphatic imine (C=N–C) groups is 1. The van der Waals surface area contributed by atoms with Crippen LogP contribution < -0.4 is 10.9 Å². The summed E-state index contributed by atoms with van der Waals surface area (Å²) in [6.07, 6.45) is 8.22. The number of aryl methyl sites for hydroxylation is 1. The number of nitrogens with zero attached hydrogens (tertiary/aromatic N) is 3. The predicted octanol–water partition coefficient (Wildman–Crippen LogP) is 2.51. The van der Waals surface area contributed by atoms with Crippen molar-refractivity contribution in [2.75, 3.05) is 5.43 Å². The zero-order valence-electron chi connectivity index (χ0n) is 13.0. The van der Waals surface area contributed by atoms with Crippen molar-refractivity contribution in [2.45, 2.75) is 33.1 Å². The Morgan fingerprint density at radius 2 is 2.27 bits per heavy atom. The summed E-state index contributed by atoms with van der Waals surface area (Å²) in [4.78, 5) is 24.5. The van der Waals surface area contributed by atoms with E-state index in [4.69, 9.17) is 0 Å². The van der Waals surface area contributed by atoms with Gasteiger partial charge in [-0.3, -0.25) is 20.6 Å². The fraction of sp³-hybridized carbons (Fsp3) is 0.375. The number of carbonyl (C=O) groups is 1. The Labute approximate surface area is 130 Å². The van der Waals surface area contributed by atoms with Crippen LogP contribution in [0.25, 0.3) is 5.70 Å². The molecule has 1 aliphatic carbocycles. The maximum Gasteiger partial charge on any atom is 0.241 e. The summed E-state index contributed by atoms with van der Waals surface area (Å²) in [6, 6.07) is 1.81. The van der Waals surface area contributed by atoms with E-state index in [0.717, 1.165) is 25.0 Å². The summed E-state index contributed by atoms with van der Waals surface area (Å²) in [5.41, 5.74) is 6.99. The van der Waals surface area contributed by atoms with Crippen LogP contribution in [0.2, 0.25) is 0 Å². The molecule has 0 atom stereocenters. The van der Waals surface area contributed by atoms with Gasteiger partial charge in [-0.25, -0.2) is 9.97 Å². The fourth-order valence-electron chi connectivity index (χ4n) is 1.82. The summed E-state index contributed by atoms with van der Waals surface area (Å²) < 4.78 is 0. The topological polar surface area (TPSA) is 79.3 Å². The van der Waals surface area contributed by atoms with Crippen LogP contribution in [0.5, 0.6) is 0 Å². The van der Waals surface area contributed by atoms with Gasteiger partial charge in [0.2, 0.25) is 5.91 Å². The normalized spacial score (nSPS) is 14.9. The molecule has 0 spiro atoms. The lowest BCUT2D eigenvalue weighted by Gasteiger charge is -2.10. The van der Waals surface area contributed by atoms with Crippen LogP contribution in [-0.2, 0) is 11.2 Å². The van der Waals surface area contributed by atoms with Crippen molar-refractivity contribution in [3.8, 4) is 0 Å². The van der Waals surface area contributed by atoms with Gasteiger partial charge < -0.3 is 0 Å². The molecule has 6 nitrogen and oxygen atoms in total. The number of allylic oxidation sites excluding steroid dienone is 3. The first-order valence-electron chi connectivity index (χ1n) is 7.41. The molecule has 1 aromatic rings. The largest absolute Gasteiger partial charge is 0.282 e. The molecular formula is C16H21N5O. The van der Waals surface area contributed by atoms with Gasteiger partial charge in [-0.2, -0.15) is 0 Å². The molecule has 22 heavy (non-hydrogen) atoms. The summed E-state index contributed by atoms with van der Waals surface area (Å²) in [5.74, 6) is 1.17. The minimum Gasteiger partial charge on any atom is -0.282 e. The highest BCUT2D eigenvalue weighted by atomic mass is 16.2. The molecule has 116 valence electrons. The van der Waals surface area contributed by atoms with E-state index in [1.165, 1.54) is 0 Å². The van der Waals surface area contributed by atoms with Gasteiger partial charge in [0.15, 0.2) is 5.82 Å². The number of hydrogen-bond acceptors (Lipinski definition) is 5. The summed E-state index contributed by atoms with van der Waals surface area (Å²) in [5, 5.41) is 0. The van der Waals surface area contributed by atoms with E-state index in [-0.39, 0.29) is 11.8 Å². The maximum absolute atomic E-state index is 11.7. The lowest BCUT2D eigenvalue weighted by molar-refractivity contribution is -0.121. The highest BCUT2D eigenvalue weighted by molar-refractivity contribution is 5.81. The second kappa shape index (κ2) is 7.49. The van der Waals surface area contributed by atoms with Crippen molar-refractivity contribution in [2.24, 2.45) is 10.9 Å². The van der Waals surface area contributed by atoms with E-state index in [9.17, 15) is 4.79 Å². The van der Waals surface area contributed by atoms with Crippen LogP contribution in [0.3, 0.4) is 0 Å². The molecule has 0 radical (unpaired) electrons. The molecule has 0 aromatic carbocycles. The minimum atomic E-state index is 0.00439. The molecule has 6 heteroatoms. The van der Waals surface area contributed by atoms with Gasteiger partial charge in [0.25, 0.3) is 0 Å². The van der Waals surface area contributed by atoms with E-state index < -0.39 is 0 Å². The van der Waals surface area contributed by atoms with Gasteiger partial charge in [0, 0.05) is 17.7 Å². The molecule has 1 saturated carbocycles. The number of nitrogens with one attached hydrogen (secondary N) is 2. The van der Waals surface area contributed by atoms with Crippen molar-refractivity contribution in [3.63, 3.8) is 0 Å². The number of aromatic nitrogens is 2. The summed E-state index contributed by atoms with van der Waals surface area (Å²) in [6.45, 7) is 7.49. The lowest BCUT2D eigenvalue weighted by atomic mass is 10.3. The lowest BCUT2D eigenvalue weighted by Crippen LogP contribution is -2.31. The average Bonchev–Trinajstić information content (AvgIpc) is 3.38. The van der Waals surface area contributed by atoms with E-state index in [1.54, 1.807) is 6.08 Å². The molecule has 2 rings (SSSR count). The van der Waals surface area contributed by atoms with Gasteiger partial charge in [0.05, 0.1) is 0 Å². The Morgan fingerprint density at radius 1 is 1.50 bits per heavy atom. The van der Waals surface area contributed by atoms with Crippen LogP contribution in [0.4, 0.5) is 5.82 Å². The molecule has 1 amide bonds. The van der Waals surface area contributed by atoms with E-state index in [0.29, 0.717) is 17.3 Å². The Morgan fingerprint density at radius 3 is 2.86 bits per heavy atom. The van der Waals surface area contributed by atoms with Crippen LogP contribution in [0.15, 0.2) is 29.3 Å². The van der Waals surface area contributed by atoms with Crippen LogP contribution in [0, 0.1) is 5.92 Å². The third-order valence-electron chi connectivity index (χ3n) is 3.25. The maximum atomic E-state index is 11.7. The molecule has 1 fully saturated rings. The molecule has 2 N–H and O–H groups in total. The Balaban J connectivity index is 2.20. The molecule has 0 aliphatic heterocycles. The quantitative estimate of drug-likeness (QED) is 0.460. The monoisotopic (exact) mass is 299 g/mol. The molecule has 0 unspecified atom stereocenters. The first-order chi connectivity index (χ1) is 10.7. The van der Waals surface area contributed by atoms with Gasteiger partial charge >= 0.3 is 0 Å². The first-order valence-corrected chi connectivity index (χ1v) is 7.41. The summed E-state index contributed by atoms with van der Waals surface area (Å²) >= 11 is 0. The number of rotatable bonds is 7. The fourth-order valence-corrected chi connectivity index (χ4v) is 1.82. The number of amides is 1. The number of carbonyl (C=O) groups excluding carboxylic acids is 1. The standard InChI is InChI=1S/C16H21N5O/c1-4-6-7-13(17-3)15-18-12(5-2)10-14(19-15)20-21-16(22)11-8-9-11/h4,6-7,10-11H,3,5,8-9H2,1-2H3,(H,21,22)(H,18,19,20)/b6-4-,13-7-. The highest BCUT2D eigenvalue weighted by Crippen LogP contribution is 2.28. The Hall–Kier alpha value is -2.50. The van der Waals surface area contributed by atoms with Crippen LogP contribution in [-0.4, -0.2) is 22.6 Å². The predicted molar refractivity (Wildman–Crippen MR) is 88.2 cm³/mol. The van der Waals surface area contributed by atoms with Gasteiger partial charge in [-0.15, -0.1) is 0 Å². The zero-order valence-corrected chi connectivity index (χ0v) is 13.0. The number of hydrogen-bond donors (Lipinski definition) is 2. The van der Waals surface area contributed by atoms with Crippen LogP contribution in [0.1, 0.15) is 38.2 Å². The van der Waals surface area contributed by atoms with E-state index >= 15 is 0 Å². The molecule has 1 aromatic heterocycles. The van der Waals surface area contributed by atoms with Gasteiger partial charge in [-0.05, 0) is 39.0 Å². The molecular weight excluding hydrogens is 278 g/mol.